The molecule has 0 heterocycles. The third-order valence-corrected chi connectivity index (χ3v) is 4.35. The van der Waals surface area contributed by atoms with Crippen LogP contribution in [0.4, 0.5) is 0 Å². The van der Waals surface area contributed by atoms with E-state index < -0.39 is 20.8 Å². The molecule has 0 aromatic heterocycles. The average molecular weight is 264 g/mol. The molecular formula is C12H8O5S. The minimum absolute atomic E-state index is 0.0944. The molecule has 0 radical (unpaired) electrons. The summed E-state index contributed by atoms with van der Waals surface area (Å²) in [5.41, 5.74) is 0.00586. The van der Waals surface area contributed by atoms with Gasteiger partial charge in [0.2, 0.25) is 5.78 Å². The van der Waals surface area contributed by atoms with Gasteiger partial charge in [-0.15, -0.1) is 0 Å². The van der Waals surface area contributed by atoms with Crippen molar-refractivity contribution in [1.82, 2.24) is 0 Å². The Kier molecular flexibility index (Phi) is 1.99. The van der Waals surface area contributed by atoms with Crippen LogP contribution in [0.25, 0.3) is 10.8 Å². The number of Topliss-reactive ketones (excluding diaryl/α,β-unsaturated/α-hetero) is 1. The number of ketones is 1. The van der Waals surface area contributed by atoms with Crippen molar-refractivity contribution in [2.24, 2.45) is 0 Å². The van der Waals surface area contributed by atoms with Gasteiger partial charge in [-0.3, -0.25) is 9.35 Å². The van der Waals surface area contributed by atoms with E-state index in [9.17, 15) is 22.9 Å². The first-order valence-corrected chi connectivity index (χ1v) is 6.58. The van der Waals surface area contributed by atoms with E-state index in [1.54, 1.807) is 18.2 Å². The Morgan fingerprint density at radius 1 is 1.06 bits per heavy atom. The number of rotatable bonds is 1. The molecule has 18 heavy (non-hydrogen) atoms. The predicted molar refractivity (Wildman–Crippen MR) is 63.7 cm³/mol. The van der Waals surface area contributed by atoms with Crippen LogP contribution in [0.1, 0.15) is 15.9 Å². The largest absolute Gasteiger partial charge is 0.363 e. The molecule has 5 nitrogen and oxygen atoms in total. The molecule has 1 atom stereocenters. The molecule has 1 aliphatic carbocycles. The summed E-state index contributed by atoms with van der Waals surface area (Å²) in [5.74, 6) is -1.02. The standard InChI is InChI=1S/C12H8O5S/c13-11-8-5-1-3-7-4-2-6-9(10(7)8)12(11,14)18(15,16)17/h1-6,14H,(H,15,16,17)/t12-/m1/s1. The van der Waals surface area contributed by atoms with E-state index >= 15 is 0 Å². The van der Waals surface area contributed by atoms with Crippen LogP contribution in [0.2, 0.25) is 0 Å². The van der Waals surface area contributed by atoms with Crippen LogP contribution in [0.15, 0.2) is 36.4 Å². The van der Waals surface area contributed by atoms with Gasteiger partial charge < -0.3 is 5.11 Å². The molecule has 0 saturated heterocycles. The summed E-state index contributed by atoms with van der Waals surface area (Å²) in [6.45, 7) is 0. The van der Waals surface area contributed by atoms with Gasteiger partial charge in [0.1, 0.15) is 0 Å². The highest BCUT2D eigenvalue weighted by atomic mass is 32.2. The van der Waals surface area contributed by atoms with E-state index in [1.807, 2.05) is 0 Å². The van der Waals surface area contributed by atoms with Crippen LogP contribution in [0.3, 0.4) is 0 Å². The van der Waals surface area contributed by atoms with Crippen molar-refractivity contribution < 1.29 is 22.9 Å². The van der Waals surface area contributed by atoms with Crippen molar-refractivity contribution in [3.05, 3.63) is 47.5 Å². The van der Waals surface area contributed by atoms with Gasteiger partial charge in [-0.1, -0.05) is 36.4 Å². The number of carbonyl (C=O) groups is 1. The predicted octanol–water partition coefficient (Wildman–Crippen LogP) is 1.07. The van der Waals surface area contributed by atoms with Gasteiger partial charge in [0.05, 0.1) is 0 Å². The zero-order valence-electron chi connectivity index (χ0n) is 8.99. The van der Waals surface area contributed by atoms with E-state index in [0.717, 1.165) is 0 Å². The van der Waals surface area contributed by atoms with Crippen LogP contribution in [0.5, 0.6) is 0 Å². The summed E-state index contributed by atoms with van der Waals surface area (Å²) in [6.07, 6.45) is 0. The fourth-order valence-electron chi connectivity index (χ4n) is 2.37. The summed E-state index contributed by atoms with van der Waals surface area (Å²) < 4.78 is 31.9. The summed E-state index contributed by atoms with van der Waals surface area (Å²) in [5, 5.41) is 11.1. The molecule has 2 aromatic carbocycles. The van der Waals surface area contributed by atoms with E-state index in [4.69, 9.17) is 0 Å². The Morgan fingerprint density at radius 2 is 1.67 bits per heavy atom. The second-order valence-electron chi connectivity index (χ2n) is 4.16. The molecule has 0 fully saturated rings. The molecule has 6 heteroatoms. The van der Waals surface area contributed by atoms with Crippen LogP contribution < -0.4 is 0 Å². The zero-order valence-corrected chi connectivity index (χ0v) is 9.81. The molecule has 1 aliphatic rings. The van der Waals surface area contributed by atoms with Gasteiger partial charge in [0.15, 0.2) is 0 Å². The zero-order chi connectivity index (χ0) is 13.1. The van der Waals surface area contributed by atoms with Gasteiger partial charge in [-0.05, 0) is 5.39 Å². The summed E-state index contributed by atoms with van der Waals surface area (Å²) in [4.78, 5) is 9.16. The van der Waals surface area contributed by atoms with Crippen LogP contribution in [0, 0.1) is 0 Å². The number of hydrogen-bond acceptors (Lipinski definition) is 4. The molecule has 0 saturated carbocycles. The number of carbonyl (C=O) groups excluding carboxylic acids is 1. The van der Waals surface area contributed by atoms with E-state index in [1.165, 1.54) is 18.2 Å². The Labute approximate surface area is 102 Å². The lowest BCUT2D eigenvalue weighted by Gasteiger charge is -2.18. The number of aliphatic hydroxyl groups is 1. The van der Waals surface area contributed by atoms with Gasteiger partial charge in [0, 0.05) is 16.5 Å². The molecule has 2 N–H and O–H groups in total. The van der Waals surface area contributed by atoms with Crippen LogP contribution >= 0.6 is 0 Å². The highest BCUT2D eigenvalue weighted by molar-refractivity contribution is 7.87. The molecule has 0 bridgehead atoms. The first-order valence-electron chi connectivity index (χ1n) is 5.14. The molecule has 0 amide bonds. The van der Waals surface area contributed by atoms with Crippen molar-refractivity contribution in [2.75, 3.05) is 0 Å². The van der Waals surface area contributed by atoms with Crippen molar-refractivity contribution >= 4 is 26.7 Å². The second kappa shape index (κ2) is 3.17. The minimum Gasteiger partial charge on any atom is -0.363 e. The Balaban J connectivity index is 2.55. The van der Waals surface area contributed by atoms with E-state index in [-0.39, 0.29) is 11.1 Å². The van der Waals surface area contributed by atoms with E-state index in [2.05, 4.69) is 0 Å². The SMILES string of the molecule is O=C1c2cccc3cccc(c23)[C@@]1(O)S(=O)(=O)O. The first kappa shape index (κ1) is 11.3. The van der Waals surface area contributed by atoms with Crippen molar-refractivity contribution in [3.63, 3.8) is 0 Å². The molecule has 0 unspecified atom stereocenters. The fourth-order valence-corrected chi connectivity index (χ4v) is 3.17. The average Bonchev–Trinajstić information content (AvgIpc) is 2.55. The quantitative estimate of drug-likeness (QED) is 0.752. The molecule has 3 rings (SSSR count). The second-order valence-corrected chi connectivity index (χ2v) is 5.70. The summed E-state index contributed by atoms with van der Waals surface area (Å²) in [6, 6.07) is 9.27. The normalized spacial score (nSPS) is 22.7. The first-order chi connectivity index (χ1) is 8.37. The van der Waals surface area contributed by atoms with Gasteiger partial charge in [-0.2, -0.15) is 8.42 Å². The van der Waals surface area contributed by atoms with Crippen LogP contribution in [-0.2, 0) is 15.1 Å². The van der Waals surface area contributed by atoms with Crippen molar-refractivity contribution in [2.45, 2.75) is 4.93 Å². The smallest absolute Gasteiger partial charge is 0.307 e. The molecule has 92 valence electrons. The topological polar surface area (TPSA) is 91.7 Å². The highest BCUT2D eigenvalue weighted by Crippen LogP contribution is 2.43. The summed E-state index contributed by atoms with van der Waals surface area (Å²) >= 11 is 0. The maximum atomic E-state index is 12.1. The Hall–Kier alpha value is -1.76. The lowest BCUT2D eigenvalue weighted by molar-refractivity contribution is 0.0627. The lowest BCUT2D eigenvalue weighted by atomic mass is 10.1. The molecule has 0 aliphatic heterocycles. The number of benzene rings is 2. The summed E-state index contributed by atoms with van der Waals surface area (Å²) in [7, 11) is -4.96. The Bertz CT molecular complexity index is 788. The minimum atomic E-state index is -4.96. The van der Waals surface area contributed by atoms with Crippen molar-refractivity contribution in [3.8, 4) is 0 Å². The monoisotopic (exact) mass is 264 g/mol. The van der Waals surface area contributed by atoms with Crippen molar-refractivity contribution in [1.29, 1.82) is 0 Å². The maximum absolute atomic E-state index is 12.1. The third kappa shape index (κ3) is 1.12. The third-order valence-electron chi connectivity index (χ3n) is 3.20. The van der Waals surface area contributed by atoms with Gasteiger partial charge in [0.25, 0.3) is 4.93 Å². The fraction of sp³-hybridized carbons (Fsp3) is 0.0833. The highest BCUT2D eigenvalue weighted by Gasteiger charge is 2.55. The number of hydrogen-bond donors (Lipinski definition) is 2. The maximum Gasteiger partial charge on any atom is 0.307 e. The van der Waals surface area contributed by atoms with Crippen LogP contribution in [-0.4, -0.2) is 23.9 Å². The molecule has 0 spiro atoms. The Morgan fingerprint density at radius 3 is 2.28 bits per heavy atom. The molecular weight excluding hydrogens is 256 g/mol. The van der Waals surface area contributed by atoms with Gasteiger partial charge in [-0.25, -0.2) is 0 Å². The van der Waals surface area contributed by atoms with Gasteiger partial charge >= 0.3 is 10.1 Å². The molecule has 2 aromatic rings. The lowest BCUT2D eigenvalue weighted by Crippen LogP contribution is -2.40. The van der Waals surface area contributed by atoms with E-state index in [0.29, 0.717) is 10.8 Å².